The second-order valence-corrected chi connectivity index (χ2v) is 4.85. The molecule has 6 nitrogen and oxygen atoms in total. The average molecular weight is 260 g/mol. The van der Waals surface area contributed by atoms with Crippen molar-refractivity contribution in [3.63, 3.8) is 0 Å². The molecular weight excluding hydrogens is 244 g/mol. The largest absolute Gasteiger partial charge is 0.366 e. The molecule has 19 heavy (non-hydrogen) atoms. The number of imidazole rings is 1. The summed E-state index contributed by atoms with van der Waals surface area (Å²) in [5, 5.41) is 3.27. The van der Waals surface area contributed by atoms with Crippen LogP contribution in [0.15, 0.2) is 23.0 Å². The molecule has 0 saturated carbocycles. The fourth-order valence-electron chi connectivity index (χ4n) is 2.78. The van der Waals surface area contributed by atoms with E-state index < -0.39 is 5.91 Å². The van der Waals surface area contributed by atoms with Crippen LogP contribution in [-0.4, -0.2) is 28.5 Å². The minimum Gasteiger partial charge on any atom is -0.366 e. The number of hydrogen-bond donors (Lipinski definition) is 3. The number of nitrogens with zero attached hydrogens (tertiary/aromatic N) is 1. The molecule has 6 heteroatoms. The van der Waals surface area contributed by atoms with E-state index in [0.717, 1.165) is 31.4 Å². The molecule has 1 fully saturated rings. The predicted octanol–water partition coefficient (Wildman–Crippen LogP) is 0.353. The van der Waals surface area contributed by atoms with Crippen LogP contribution in [0.5, 0.6) is 0 Å². The quantitative estimate of drug-likeness (QED) is 0.727. The van der Waals surface area contributed by atoms with Crippen molar-refractivity contribution in [1.82, 2.24) is 14.9 Å². The summed E-state index contributed by atoms with van der Waals surface area (Å²) in [4.78, 5) is 26.3. The second-order valence-electron chi connectivity index (χ2n) is 4.85. The molecule has 0 unspecified atom stereocenters. The Balaban J connectivity index is 2.20. The Labute approximate surface area is 109 Å². The molecule has 1 aliphatic rings. The highest BCUT2D eigenvalue weighted by molar-refractivity contribution is 6.04. The Morgan fingerprint density at radius 1 is 1.32 bits per heavy atom. The zero-order chi connectivity index (χ0) is 13.4. The van der Waals surface area contributed by atoms with Gasteiger partial charge in [0.25, 0.3) is 5.91 Å². The number of amides is 1. The van der Waals surface area contributed by atoms with Crippen LogP contribution in [0.25, 0.3) is 11.0 Å². The lowest BCUT2D eigenvalue weighted by atomic mass is 10.1. The third kappa shape index (κ3) is 1.94. The maximum atomic E-state index is 12.1. The van der Waals surface area contributed by atoms with E-state index in [1.54, 1.807) is 16.7 Å². The lowest BCUT2D eigenvalue weighted by Gasteiger charge is -2.23. The standard InChI is InChI=1S/C13H16N4O2/c14-12(18)9-2-1-3-10-11(9)16-13(19)17(10)8-4-6-15-7-5-8/h1-3,8,15H,4-7H2,(H2,14,18)(H,16,19). The van der Waals surface area contributed by atoms with E-state index in [0.29, 0.717) is 11.1 Å². The summed E-state index contributed by atoms with van der Waals surface area (Å²) < 4.78 is 1.75. The number of piperidine rings is 1. The molecule has 0 radical (unpaired) electrons. The number of aromatic nitrogens is 2. The van der Waals surface area contributed by atoms with Gasteiger partial charge in [-0.2, -0.15) is 0 Å². The summed E-state index contributed by atoms with van der Waals surface area (Å²) in [5.74, 6) is -0.524. The summed E-state index contributed by atoms with van der Waals surface area (Å²) in [6.45, 7) is 1.80. The van der Waals surface area contributed by atoms with Crippen molar-refractivity contribution in [3.05, 3.63) is 34.2 Å². The fourth-order valence-corrected chi connectivity index (χ4v) is 2.78. The second kappa shape index (κ2) is 4.55. The summed E-state index contributed by atoms with van der Waals surface area (Å²) in [7, 11) is 0. The Hall–Kier alpha value is -2.08. The van der Waals surface area contributed by atoms with Crippen LogP contribution in [0.3, 0.4) is 0 Å². The number of fused-ring (bicyclic) bond motifs is 1. The van der Waals surface area contributed by atoms with Gasteiger partial charge < -0.3 is 16.0 Å². The normalized spacial score (nSPS) is 16.8. The highest BCUT2D eigenvalue weighted by atomic mass is 16.1. The van der Waals surface area contributed by atoms with Gasteiger partial charge in [-0.05, 0) is 38.1 Å². The number of H-pyrrole nitrogens is 1. The van der Waals surface area contributed by atoms with Gasteiger partial charge in [0.15, 0.2) is 0 Å². The zero-order valence-electron chi connectivity index (χ0n) is 10.5. The number of carbonyl (C=O) groups excluding carboxylic acids is 1. The summed E-state index contributed by atoms with van der Waals surface area (Å²) in [6, 6.07) is 5.41. The number of carbonyl (C=O) groups is 1. The molecular formula is C13H16N4O2. The number of aromatic amines is 1. The van der Waals surface area contributed by atoms with Crippen LogP contribution < -0.4 is 16.7 Å². The monoisotopic (exact) mass is 260 g/mol. The third-order valence-corrected chi connectivity index (χ3v) is 3.69. The van der Waals surface area contributed by atoms with Crippen molar-refractivity contribution in [2.24, 2.45) is 5.73 Å². The van der Waals surface area contributed by atoms with Gasteiger partial charge >= 0.3 is 5.69 Å². The molecule has 2 heterocycles. The number of nitrogens with two attached hydrogens (primary N) is 1. The number of rotatable bonds is 2. The van der Waals surface area contributed by atoms with Crippen molar-refractivity contribution in [1.29, 1.82) is 0 Å². The molecule has 1 aromatic heterocycles. The summed E-state index contributed by atoms with van der Waals surface area (Å²) in [6.07, 6.45) is 1.82. The minimum absolute atomic E-state index is 0.171. The highest BCUT2D eigenvalue weighted by Crippen LogP contribution is 2.23. The van der Waals surface area contributed by atoms with Gasteiger partial charge in [-0.15, -0.1) is 0 Å². The van der Waals surface area contributed by atoms with Crippen molar-refractivity contribution in [3.8, 4) is 0 Å². The summed E-state index contributed by atoms with van der Waals surface area (Å²) in [5.41, 5.74) is 6.83. The molecule has 0 bridgehead atoms. The van der Waals surface area contributed by atoms with Crippen LogP contribution in [0, 0.1) is 0 Å². The van der Waals surface area contributed by atoms with Gasteiger partial charge in [0.2, 0.25) is 0 Å². The lowest BCUT2D eigenvalue weighted by molar-refractivity contribution is 0.100. The topological polar surface area (TPSA) is 92.9 Å². The number of benzene rings is 1. The van der Waals surface area contributed by atoms with E-state index in [2.05, 4.69) is 10.3 Å². The van der Waals surface area contributed by atoms with E-state index in [1.807, 2.05) is 6.07 Å². The van der Waals surface area contributed by atoms with Gasteiger partial charge in [0.05, 0.1) is 16.6 Å². The van der Waals surface area contributed by atoms with Crippen molar-refractivity contribution in [2.75, 3.05) is 13.1 Å². The first kappa shape index (κ1) is 12.0. The number of hydrogen-bond acceptors (Lipinski definition) is 3. The minimum atomic E-state index is -0.524. The van der Waals surface area contributed by atoms with Crippen LogP contribution in [-0.2, 0) is 0 Å². The van der Waals surface area contributed by atoms with Crippen LogP contribution >= 0.6 is 0 Å². The molecule has 1 amide bonds. The SMILES string of the molecule is NC(=O)c1cccc2c1[nH]c(=O)n2C1CCNCC1. The van der Waals surface area contributed by atoms with E-state index in [4.69, 9.17) is 5.73 Å². The van der Waals surface area contributed by atoms with E-state index in [1.165, 1.54) is 0 Å². The fraction of sp³-hybridized carbons (Fsp3) is 0.385. The molecule has 1 saturated heterocycles. The average Bonchev–Trinajstić information content (AvgIpc) is 2.75. The van der Waals surface area contributed by atoms with Gasteiger partial charge in [-0.1, -0.05) is 6.07 Å². The Morgan fingerprint density at radius 2 is 2.05 bits per heavy atom. The Kier molecular flexibility index (Phi) is 2.87. The highest BCUT2D eigenvalue weighted by Gasteiger charge is 2.21. The van der Waals surface area contributed by atoms with Crippen molar-refractivity contribution in [2.45, 2.75) is 18.9 Å². The maximum Gasteiger partial charge on any atom is 0.326 e. The third-order valence-electron chi connectivity index (χ3n) is 3.69. The number of nitrogens with one attached hydrogen (secondary N) is 2. The first-order valence-corrected chi connectivity index (χ1v) is 6.42. The Bertz CT molecular complexity index is 679. The molecule has 0 aliphatic carbocycles. The van der Waals surface area contributed by atoms with Crippen molar-refractivity contribution >= 4 is 16.9 Å². The molecule has 1 aromatic carbocycles. The van der Waals surface area contributed by atoms with Gasteiger partial charge in [-0.25, -0.2) is 4.79 Å². The molecule has 1 aliphatic heterocycles. The van der Waals surface area contributed by atoms with Crippen LogP contribution in [0.2, 0.25) is 0 Å². The smallest absolute Gasteiger partial charge is 0.326 e. The lowest BCUT2D eigenvalue weighted by Crippen LogP contribution is -2.33. The van der Waals surface area contributed by atoms with E-state index in [9.17, 15) is 9.59 Å². The van der Waals surface area contributed by atoms with Gasteiger partial charge in [-0.3, -0.25) is 9.36 Å². The van der Waals surface area contributed by atoms with E-state index in [-0.39, 0.29) is 11.7 Å². The number of para-hydroxylation sites is 1. The summed E-state index contributed by atoms with van der Waals surface area (Å²) >= 11 is 0. The maximum absolute atomic E-state index is 12.1. The zero-order valence-corrected chi connectivity index (χ0v) is 10.5. The van der Waals surface area contributed by atoms with Crippen LogP contribution in [0.1, 0.15) is 29.2 Å². The molecule has 100 valence electrons. The van der Waals surface area contributed by atoms with Crippen LogP contribution in [0.4, 0.5) is 0 Å². The number of primary amides is 1. The molecule has 2 aromatic rings. The first-order chi connectivity index (χ1) is 9.18. The first-order valence-electron chi connectivity index (χ1n) is 6.42. The van der Waals surface area contributed by atoms with E-state index >= 15 is 0 Å². The van der Waals surface area contributed by atoms with Crippen molar-refractivity contribution < 1.29 is 4.79 Å². The predicted molar refractivity (Wildman–Crippen MR) is 72.2 cm³/mol. The van der Waals surface area contributed by atoms with Gasteiger partial charge in [0.1, 0.15) is 0 Å². The molecule has 4 N–H and O–H groups in total. The molecule has 3 rings (SSSR count). The molecule has 0 atom stereocenters. The Morgan fingerprint density at radius 3 is 2.74 bits per heavy atom. The molecule has 0 spiro atoms. The van der Waals surface area contributed by atoms with Gasteiger partial charge in [0, 0.05) is 6.04 Å².